The van der Waals surface area contributed by atoms with E-state index in [2.05, 4.69) is 16.7 Å². The van der Waals surface area contributed by atoms with Gasteiger partial charge >= 0.3 is 0 Å². The highest BCUT2D eigenvalue weighted by Crippen LogP contribution is 2.30. The van der Waals surface area contributed by atoms with Crippen molar-refractivity contribution in [1.29, 1.82) is 0 Å². The summed E-state index contributed by atoms with van der Waals surface area (Å²) in [6.07, 6.45) is 3.52. The number of rotatable bonds is 10. The largest absolute Gasteiger partial charge is 0.493 e. The van der Waals surface area contributed by atoms with Gasteiger partial charge in [-0.1, -0.05) is 42.5 Å². The van der Waals surface area contributed by atoms with Crippen molar-refractivity contribution in [3.63, 3.8) is 0 Å². The van der Waals surface area contributed by atoms with Gasteiger partial charge in [-0.15, -0.1) is 11.8 Å². The molecule has 0 radical (unpaired) electrons. The number of methoxy groups -OCH3 is 2. The third kappa shape index (κ3) is 7.48. The van der Waals surface area contributed by atoms with Crippen LogP contribution in [0.5, 0.6) is 11.5 Å². The molecular formula is C35H33N3O5S. The maximum Gasteiger partial charge on any atom is 0.272 e. The zero-order valence-electron chi connectivity index (χ0n) is 24.5. The standard InChI is InChI=1S/C35H33N3O5S/c1-42-31-19-14-24(22-32(31)43-2)21-29(37-34(40)26-10-4-3-5-11-26)35(41)36-27-15-17-28(18-16-27)44-23-33(39)38-20-8-12-25-9-6-7-13-30(25)38/h3-7,9-11,13-19,21-22H,8,12,20,23H2,1-2H3,(H,36,41)(H,37,40)/b29-21-. The average Bonchev–Trinajstić information content (AvgIpc) is 3.07. The predicted molar refractivity (Wildman–Crippen MR) is 174 cm³/mol. The van der Waals surface area contributed by atoms with Crippen LogP contribution in [0.2, 0.25) is 0 Å². The molecule has 8 nitrogen and oxygen atoms in total. The van der Waals surface area contributed by atoms with Crippen LogP contribution in [0, 0.1) is 0 Å². The van der Waals surface area contributed by atoms with Gasteiger partial charge in [0.15, 0.2) is 11.5 Å². The lowest BCUT2D eigenvalue weighted by Crippen LogP contribution is -2.36. The third-order valence-electron chi connectivity index (χ3n) is 7.13. The number of hydrogen-bond donors (Lipinski definition) is 2. The number of anilines is 2. The van der Waals surface area contributed by atoms with E-state index >= 15 is 0 Å². The van der Waals surface area contributed by atoms with Gasteiger partial charge in [0.2, 0.25) is 5.91 Å². The summed E-state index contributed by atoms with van der Waals surface area (Å²) in [5.41, 5.74) is 3.85. The molecule has 0 fully saturated rings. The summed E-state index contributed by atoms with van der Waals surface area (Å²) in [4.78, 5) is 42.2. The lowest BCUT2D eigenvalue weighted by molar-refractivity contribution is -0.116. The first kappa shape index (κ1) is 30.4. The number of hydrogen-bond acceptors (Lipinski definition) is 6. The molecule has 5 rings (SSSR count). The Balaban J connectivity index is 1.27. The van der Waals surface area contributed by atoms with Crippen LogP contribution in [0.1, 0.15) is 27.9 Å². The number of thioether (sulfide) groups is 1. The monoisotopic (exact) mass is 607 g/mol. The summed E-state index contributed by atoms with van der Waals surface area (Å²) in [7, 11) is 3.07. The molecule has 44 heavy (non-hydrogen) atoms. The highest BCUT2D eigenvalue weighted by atomic mass is 32.2. The van der Waals surface area contributed by atoms with Crippen molar-refractivity contribution in [2.45, 2.75) is 17.7 Å². The van der Waals surface area contributed by atoms with E-state index in [-0.39, 0.29) is 11.6 Å². The Labute approximate surface area is 261 Å². The van der Waals surface area contributed by atoms with Crippen LogP contribution >= 0.6 is 11.8 Å². The van der Waals surface area contributed by atoms with Gasteiger partial charge in [-0.2, -0.15) is 0 Å². The molecule has 1 heterocycles. The molecule has 0 spiro atoms. The van der Waals surface area contributed by atoms with Crippen molar-refractivity contribution >= 4 is 46.9 Å². The number of carbonyl (C=O) groups is 3. The maximum atomic E-state index is 13.4. The van der Waals surface area contributed by atoms with Crippen LogP contribution < -0.4 is 25.0 Å². The van der Waals surface area contributed by atoms with Crippen molar-refractivity contribution < 1.29 is 23.9 Å². The fraction of sp³-hybridized carbons (Fsp3) is 0.171. The lowest BCUT2D eigenvalue weighted by atomic mass is 10.0. The number of fused-ring (bicyclic) bond motifs is 1. The van der Waals surface area contributed by atoms with Gasteiger partial charge in [0.25, 0.3) is 11.8 Å². The summed E-state index contributed by atoms with van der Waals surface area (Å²) < 4.78 is 10.7. The number of nitrogens with zero attached hydrogens (tertiary/aromatic N) is 1. The van der Waals surface area contributed by atoms with Crippen LogP contribution in [0.3, 0.4) is 0 Å². The summed E-state index contributed by atoms with van der Waals surface area (Å²) in [6, 6.07) is 29.2. The number of amides is 3. The fourth-order valence-corrected chi connectivity index (χ4v) is 5.67. The zero-order valence-corrected chi connectivity index (χ0v) is 25.4. The zero-order chi connectivity index (χ0) is 30.9. The molecule has 2 N–H and O–H groups in total. The Morgan fingerprint density at radius 3 is 2.34 bits per heavy atom. The average molecular weight is 608 g/mol. The Morgan fingerprint density at radius 2 is 1.59 bits per heavy atom. The molecule has 1 aliphatic rings. The first-order chi connectivity index (χ1) is 21.4. The Kier molecular flexibility index (Phi) is 9.99. The predicted octanol–water partition coefficient (Wildman–Crippen LogP) is 6.18. The Bertz CT molecular complexity index is 1670. The van der Waals surface area contributed by atoms with Crippen molar-refractivity contribution in [2.24, 2.45) is 0 Å². The summed E-state index contributed by atoms with van der Waals surface area (Å²) in [5.74, 6) is 0.502. The van der Waals surface area contributed by atoms with Crippen LogP contribution in [-0.2, 0) is 16.0 Å². The highest BCUT2D eigenvalue weighted by Gasteiger charge is 2.22. The summed E-state index contributed by atoms with van der Waals surface area (Å²) in [5, 5.41) is 5.60. The molecule has 4 aromatic rings. The Morgan fingerprint density at radius 1 is 0.864 bits per heavy atom. The molecule has 3 amide bonds. The summed E-state index contributed by atoms with van der Waals surface area (Å²) >= 11 is 1.45. The smallest absolute Gasteiger partial charge is 0.272 e. The number of benzene rings is 4. The first-order valence-electron chi connectivity index (χ1n) is 14.2. The topological polar surface area (TPSA) is 97.0 Å². The molecule has 0 saturated heterocycles. The van der Waals surface area contributed by atoms with Gasteiger partial charge < -0.3 is 25.0 Å². The molecule has 0 atom stereocenters. The minimum atomic E-state index is -0.497. The molecule has 0 bridgehead atoms. The van der Waals surface area contributed by atoms with Crippen molar-refractivity contribution in [2.75, 3.05) is 36.7 Å². The number of nitrogens with one attached hydrogen (secondary N) is 2. The number of ether oxygens (including phenoxy) is 2. The van der Waals surface area contributed by atoms with Gasteiger partial charge in [-0.05, 0) is 84.6 Å². The lowest BCUT2D eigenvalue weighted by Gasteiger charge is -2.29. The van der Waals surface area contributed by atoms with Gasteiger partial charge in [-0.25, -0.2) is 0 Å². The second-order valence-corrected chi connectivity index (χ2v) is 11.1. The highest BCUT2D eigenvalue weighted by molar-refractivity contribution is 8.00. The molecule has 0 unspecified atom stereocenters. The molecule has 0 aliphatic carbocycles. The molecular weight excluding hydrogens is 574 g/mol. The van der Waals surface area contributed by atoms with E-state index in [0.29, 0.717) is 34.1 Å². The van der Waals surface area contributed by atoms with Crippen LogP contribution in [0.15, 0.2) is 108 Å². The molecule has 1 aliphatic heterocycles. The normalized spacial score (nSPS) is 12.6. The van der Waals surface area contributed by atoms with E-state index in [1.165, 1.54) is 24.4 Å². The van der Waals surface area contributed by atoms with E-state index in [4.69, 9.17) is 9.47 Å². The Hall–Kier alpha value is -5.02. The van der Waals surface area contributed by atoms with E-state index in [0.717, 1.165) is 30.0 Å². The number of carbonyl (C=O) groups excluding carboxylic acids is 3. The van der Waals surface area contributed by atoms with E-state index in [1.807, 2.05) is 41.3 Å². The third-order valence-corrected chi connectivity index (χ3v) is 8.13. The van der Waals surface area contributed by atoms with E-state index in [1.54, 1.807) is 67.8 Å². The second kappa shape index (κ2) is 14.4. The molecule has 4 aromatic carbocycles. The molecule has 224 valence electrons. The first-order valence-corrected chi connectivity index (χ1v) is 15.2. The van der Waals surface area contributed by atoms with Crippen molar-refractivity contribution in [1.82, 2.24) is 5.32 Å². The van der Waals surface area contributed by atoms with E-state index < -0.39 is 11.8 Å². The number of aryl methyl sites for hydroxylation is 1. The fourth-order valence-electron chi connectivity index (χ4n) is 4.90. The second-order valence-electron chi connectivity index (χ2n) is 10.0. The van der Waals surface area contributed by atoms with E-state index in [9.17, 15) is 14.4 Å². The molecule has 9 heteroatoms. The van der Waals surface area contributed by atoms with Crippen LogP contribution in [-0.4, -0.2) is 44.2 Å². The minimum absolute atomic E-state index is 0.0527. The van der Waals surface area contributed by atoms with Gasteiger partial charge in [0.05, 0.1) is 20.0 Å². The van der Waals surface area contributed by atoms with Crippen LogP contribution in [0.4, 0.5) is 11.4 Å². The quantitative estimate of drug-likeness (QED) is 0.165. The molecule has 0 aromatic heterocycles. The summed E-state index contributed by atoms with van der Waals surface area (Å²) in [6.45, 7) is 0.724. The minimum Gasteiger partial charge on any atom is -0.493 e. The van der Waals surface area contributed by atoms with Crippen LogP contribution in [0.25, 0.3) is 6.08 Å². The van der Waals surface area contributed by atoms with Gasteiger partial charge in [-0.3, -0.25) is 14.4 Å². The van der Waals surface area contributed by atoms with Crippen molar-refractivity contribution in [3.8, 4) is 11.5 Å². The molecule has 0 saturated carbocycles. The van der Waals surface area contributed by atoms with Crippen molar-refractivity contribution in [3.05, 3.63) is 119 Å². The van der Waals surface area contributed by atoms with Gasteiger partial charge in [0.1, 0.15) is 5.70 Å². The maximum absolute atomic E-state index is 13.4. The van der Waals surface area contributed by atoms with Gasteiger partial charge in [0, 0.05) is 28.4 Å². The SMILES string of the molecule is COc1ccc(/C=C(\NC(=O)c2ccccc2)C(=O)Nc2ccc(SCC(=O)N3CCCc4ccccc43)cc2)cc1OC. The number of para-hydroxylation sites is 1.